The number of alkyl carbamates (subject to hydrolysis) is 1. The fraction of sp³-hybridized carbons (Fsp3) is 0.448. The lowest BCUT2D eigenvalue weighted by molar-refractivity contribution is -0.146. The number of aryl methyl sites for hydroxylation is 2. The van der Waals surface area contributed by atoms with Crippen molar-refractivity contribution in [2.75, 3.05) is 5.32 Å². The van der Waals surface area contributed by atoms with Gasteiger partial charge in [0.1, 0.15) is 23.4 Å². The van der Waals surface area contributed by atoms with Gasteiger partial charge in [-0.3, -0.25) is 14.4 Å². The van der Waals surface area contributed by atoms with Crippen molar-refractivity contribution in [1.29, 1.82) is 0 Å². The average molecular weight is 539 g/mol. The number of para-hydroxylation sites is 2. The number of hydrogen-bond donors (Lipinski definition) is 4. The van der Waals surface area contributed by atoms with Crippen molar-refractivity contribution < 1.29 is 29.0 Å². The van der Waals surface area contributed by atoms with Crippen molar-refractivity contribution in [1.82, 2.24) is 10.2 Å². The summed E-state index contributed by atoms with van der Waals surface area (Å²) in [5, 5.41) is 16.4. The largest absolute Gasteiger partial charge is 0.507 e. The first kappa shape index (κ1) is 29.5. The first-order valence-electron chi connectivity index (χ1n) is 13.0. The molecule has 0 bridgehead atoms. The van der Waals surface area contributed by atoms with Crippen LogP contribution in [0.5, 0.6) is 5.75 Å². The van der Waals surface area contributed by atoms with Crippen LogP contribution in [0.3, 0.4) is 0 Å². The number of nitrogens with two attached hydrogens (primary N) is 1. The number of anilines is 1. The minimum atomic E-state index is -1.38. The Morgan fingerprint density at radius 3 is 2.26 bits per heavy atom. The van der Waals surface area contributed by atoms with Crippen LogP contribution >= 0.6 is 0 Å². The summed E-state index contributed by atoms with van der Waals surface area (Å²) in [5.74, 6) is -2.14. The van der Waals surface area contributed by atoms with Gasteiger partial charge in [-0.25, -0.2) is 4.79 Å². The second kappa shape index (κ2) is 12.2. The number of carbonyl (C=O) groups is 4. The van der Waals surface area contributed by atoms with Gasteiger partial charge in [0.15, 0.2) is 0 Å². The van der Waals surface area contributed by atoms with Crippen LogP contribution in [0, 0.1) is 13.8 Å². The van der Waals surface area contributed by atoms with Gasteiger partial charge in [-0.1, -0.05) is 36.4 Å². The molecule has 0 heterocycles. The van der Waals surface area contributed by atoms with Gasteiger partial charge < -0.3 is 31.1 Å². The summed E-state index contributed by atoms with van der Waals surface area (Å²) in [4.78, 5) is 54.0. The van der Waals surface area contributed by atoms with E-state index in [2.05, 4.69) is 10.6 Å². The standard InChI is InChI=1S/C29H38N4O6/c1-17-10-6-7-15-21(17)31-26(36)24(20-14-8-11-18(2)25(20)35)33(19-12-9-13-19)27(37)22(16-23(30)34)32-28(38)39-29(3,4)5/h6-8,10-11,14-15,19,22,24,35H,9,12-13,16H2,1-5H3,(H2,30,34)(H,31,36)(H,32,38). The molecule has 0 aromatic heterocycles. The van der Waals surface area contributed by atoms with Crippen LogP contribution in [0.25, 0.3) is 0 Å². The first-order chi connectivity index (χ1) is 18.3. The van der Waals surface area contributed by atoms with E-state index >= 15 is 0 Å². The summed E-state index contributed by atoms with van der Waals surface area (Å²) < 4.78 is 5.31. The number of rotatable bonds is 9. The van der Waals surface area contributed by atoms with Gasteiger partial charge in [-0.2, -0.15) is 0 Å². The molecule has 0 radical (unpaired) electrons. The van der Waals surface area contributed by atoms with Crippen LogP contribution in [-0.2, 0) is 19.1 Å². The Bertz CT molecular complexity index is 1230. The Morgan fingerprint density at radius 1 is 1.05 bits per heavy atom. The monoisotopic (exact) mass is 538 g/mol. The average Bonchev–Trinajstić information content (AvgIpc) is 2.79. The summed E-state index contributed by atoms with van der Waals surface area (Å²) in [5.41, 5.74) is 6.74. The Balaban J connectivity index is 2.08. The molecule has 1 fully saturated rings. The number of nitrogens with zero attached hydrogens (tertiary/aromatic N) is 1. The predicted octanol–water partition coefficient (Wildman–Crippen LogP) is 3.84. The molecule has 5 N–H and O–H groups in total. The molecule has 39 heavy (non-hydrogen) atoms. The fourth-order valence-electron chi connectivity index (χ4n) is 4.45. The highest BCUT2D eigenvalue weighted by Gasteiger charge is 2.43. The van der Waals surface area contributed by atoms with Gasteiger partial charge in [0, 0.05) is 17.3 Å². The van der Waals surface area contributed by atoms with E-state index in [0.717, 1.165) is 12.0 Å². The molecule has 10 heteroatoms. The molecule has 1 aliphatic rings. The predicted molar refractivity (Wildman–Crippen MR) is 147 cm³/mol. The van der Waals surface area contributed by atoms with E-state index in [1.54, 1.807) is 58.0 Å². The maximum atomic E-state index is 14.1. The van der Waals surface area contributed by atoms with Crippen LogP contribution in [-0.4, -0.2) is 51.5 Å². The molecule has 10 nitrogen and oxygen atoms in total. The number of phenols is 1. The van der Waals surface area contributed by atoms with Crippen LogP contribution in [0.15, 0.2) is 42.5 Å². The third-order valence-electron chi connectivity index (χ3n) is 6.61. The van der Waals surface area contributed by atoms with Gasteiger partial charge in [-0.05, 0) is 71.1 Å². The number of nitrogens with one attached hydrogen (secondary N) is 2. The molecule has 1 aliphatic carbocycles. The number of benzene rings is 2. The van der Waals surface area contributed by atoms with Crippen molar-refractivity contribution in [3.63, 3.8) is 0 Å². The van der Waals surface area contributed by atoms with E-state index < -0.39 is 47.9 Å². The molecule has 0 aliphatic heterocycles. The number of amides is 4. The van der Waals surface area contributed by atoms with Crippen molar-refractivity contribution in [2.24, 2.45) is 5.73 Å². The van der Waals surface area contributed by atoms with Gasteiger partial charge in [0.05, 0.1) is 6.42 Å². The smallest absolute Gasteiger partial charge is 0.408 e. The molecule has 0 spiro atoms. The third kappa shape index (κ3) is 7.49. The van der Waals surface area contributed by atoms with Crippen molar-refractivity contribution in [2.45, 2.75) is 84.0 Å². The Kier molecular flexibility index (Phi) is 9.21. The molecule has 2 atom stereocenters. The van der Waals surface area contributed by atoms with E-state index in [1.165, 1.54) is 4.90 Å². The van der Waals surface area contributed by atoms with Crippen molar-refractivity contribution in [3.05, 3.63) is 59.2 Å². The minimum Gasteiger partial charge on any atom is -0.507 e. The summed E-state index contributed by atoms with van der Waals surface area (Å²) in [6.45, 7) is 8.56. The molecule has 2 aromatic carbocycles. The molecule has 2 aromatic rings. The zero-order valence-electron chi connectivity index (χ0n) is 23.1. The summed E-state index contributed by atoms with van der Waals surface area (Å²) in [6, 6.07) is 9.21. The minimum absolute atomic E-state index is 0.119. The molecule has 0 saturated heterocycles. The second-order valence-electron chi connectivity index (χ2n) is 10.9. The zero-order chi connectivity index (χ0) is 28.9. The van der Waals surface area contributed by atoms with Gasteiger partial charge in [0.25, 0.3) is 5.91 Å². The maximum absolute atomic E-state index is 14.1. The Hall–Kier alpha value is -4.08. The normalized spacial score (nSPS) is 14.9. The molecule has 1 saturated carbocycles. The first-order valence-corrected chi connectivity index (χ1v) is 13.0. The highest BCUT2D eigenvalue weighted by Crippen LogP contribution is 2.38. The number of hydrogen-bond acceptors (Lipinski definition) is 6. The molecule has 2 unspecified atom stereocenters. The van der Waals surface area contributed by atoms with Crippen LogP contribution in [0.4, 0.5) is 10.5 Å². The highest BCUT2D eigenvalue weighted by molar-refractivity contribution is 6.00. The van der Waals surface area contributed by atoms with Crippen molar-refractivity contribution in [3.8, 4) is 5.75 Å². The summed E-state index contributed by atoms with van der Waals surface area (Å²) >= 11 is 0. The molecule has 4 amide bonds. The number of phenolic OH excluding ortho intramolecular Hbond substituents is 1. The number of primary amides is 1. The fourth-order valence-corrected chi connectivity index (χ4v) is 4.45. The number of ether oxygens (including phenoxy) is 1. The Labute approximate surface area is 228 Å². The molecular weight excluding hydrogens is 500 g/mol. The SMILES string of the molecule is Cc1ccccc1NC(=O)C(c1cccc(C)c1O)N(C(=O)C(CC(N)=O)NC(=O)OC(C)(C)C)C1CCC1. The van der Waals surface area contributed by atoms with E-state index in [9.17, 15) is 24.3 Å². The topological polar surface area (TPSA) is 151 Å². The van der Waals surface area contributed by atoms with Gasteiger partial charge in [-0.15, -0.1) is 0 Å². The van der Waals surface area contributed by atoms with Crippen molar-refractivity contribution >= 4 is 29.5 Å². The lowest BCUT2D eigenvalue weighted by Gasteiger charge is -2.43. The van der Waals surface area contributed by atoms with E-state index in [0.29, 0.717) is 24.1 Å². The van der Waals surface area contributed by atoms with E-state index in [-0.39, 0.29) is 17.4 Å². The molecular formula is C29H38N4O6. The third-order valence-corrected chi connectivity index (χ3v) is 6.61. The number of carbonyl (C=O) groups excluding carboxylic acids is 4. The maximum Gasteiger partial charge on any atom is 0.408 e. The lowest BCUT2D eigenvalue weighted by atomic mass is 9.87. The summed E-state index contributed by atoms with van der Waals surface area (Å²) in [7, 11) is 0. The second-order valence-corrected chi connectivity index (χ2v) is 10.9. The number of aromatic hydroxyl groups is 1. The van der Waals surface area contributed by atoms with E-state index in [1.807, 2.05) is 19.1 Å². The highest BCUT2D eigenvalue weighted by atomic mass is 16.6. The quantitative estimate of drug-likeness (QED) is 0.381. The molecule has 210 valence electrons. The van der Waals surface area contributed by atoms with Gasteiger partial charge >= 0.3 is 6.09 Å². The van der Waals surface area contributed by atoms with Crippen LogP contribution < -0.4 is 16.4 Å². The lowest BCUT2D eigenvalue weighted by Crippen LogP contribution is -2.57. The van der Waals surface area contributed by atoms with Gasteiger partial charge in [0.2, 0.25) is 11.8 Å². The zero-order valence-corrected chi connectivity index (χ0v) is 23.1. The van der Waals surface area contributed by atoms with E-state index in [4.69, 9.17) is 10.5 Å². The summed E-state index contributed by atoms with van der Waals surface area (Å²) in [6.07, 6.45) is 0.674. The van der Waals surface area contributed by atoms with Crippen LogP contribution in [0.1, 0.15) is 69.2 Å². The Morgan fingerprint density at radius 2 is 1.69 bits per heavy atom. The molecule has 3 rings (SSSR count). The van der Waals surface area contributed by atoms with Crippen LogP contribution in [0.2, 0.25) is 0 Å².